The molecule has 156 valence electrons. The number of amides is 1. The number of para-hydroxylation sites is 1. The Balaban J connectivity index is 1.79. The Morgan fingerprint density at radius 1 is 0.900 bits per heavy atom. The number of rotatable bonds is 7. The van der Waals surface area contributed by atoms with Crippen molar-refractivity contribution < 1.29 is 17.9 Å². The van der Waals surface area contributed by atoms with Gasteiger partial charge in [-0.3, -0.25) is 9.10 Å². The molecule has 0 fully saturated rings. The first-order chi connectivity index (χ1) is 14.2. The van der Waals surface area contributed by atoms with Crippen molar-refractivity contribution in [3.63, 3.8) is 0 Å². The molecule has 0 heterocycles. The van der Waals surface area contributed by atoms with Crippen LogP contribution in [-0.2, 0) is 14.8 Å². The number of aryl methyl sites for hydroxylation is 1. The number of nitrogens with one attached hydrogen (secondary N) is 1. The summed E-state index contributed by atoms with van der Waals surface area (Å²) in [4.78, 5) is 12.7. The average molecular weight is 425 g/mol. The fourth-order valence-corrected chi connectivity index (χ4v) is 4.15. The van der Waals surface area contributed by atoms with Crippen LogP contribution in [0.1, 0.15) is 12.5 Å². The van der Waals surface area contributed by atoms with Gasteiger partial charge < -0.3 is 10.1 Å². The van der Waals surface area contributed by atoms with Crippen molar-refractivity contribution in [2.45, 2.75) is 19.9 Å². The van der Waals surface area contributed by atoms with Gasteiger partial charge in [-0.2, -0.15) is 0 Å². The summed E-state index contributed by atoms with van der Waals surface area (Å²) in [6.45, 7) is 3.50. The van der Waals surface area contributed by atoms with Gasteiger partial charge in [0.25, 0.3) is 0 Å². The number of anilines is 2. The van der Waals surface area contributed by atoms with Crippen molar-refractivity contribution in [3.05, 3.63) is 84.4 Å². The molecule has 3 aromatic carbocycles. The van der Waals surface area contributed by atoms with Crippen molar-refractivity contribution >= 4 is 27.3 Å². The Labute approximate surface area is 177 Å². The molecule has 0 bridgehead atoms. The zero-order chi connectivity index (χ0) is 21.7. The summed E-state index contributed by atoms with van der Waals surface area (Å²) in [6.07, 6.45) is 1.08. The number of carbonyl (C=O) groups excluding carboxylic acids is 1. The molecule has 30 heavy (non-hydrogen) atoms. The van der Waals surface area contributed by atoms with Gasteiger partial charge in [-0.05, 0) is 62.4 Å². The molecular weight excluding hydrogens is 400 g/mol. The SMILES string of the molecule is Cc1ccc(NC(=O)[C@@H](C)N(c2ccc(Oc3ccccc3)cc2)S(C)(=O)=O)cc1. The van der Waals surface area contributed by atoms with Crippen molar-refractivity contribution in [3.8, 4) is 11.5 Å². The highest BCUT2D eigenvalue weighted by molar-refractivity contribution is 7.92. The smallest absolute Gasteiger partial charge is 0.247 e. The Bertz CT molecular complexity index is 1100. The third-order valence-corrected chi connectivity index (χ3v) is 5.72. The Kier molecular flexibility index (Phi) is 6.42. The summed E-state index contributed by atoms with van der Waals surface area (Å²) in [6, 6.07) is 22.2. The molecule has 0 aliphatic heterocycles. The molecule has 0 aliphatic carbocycles. The number of hydrogen-bond donors (Lipinski definition) is 1. The molecular formula is C23H24N2O4S. The average Bonchev–Trinajstić information content (AvgIpc) is 2.71. The molecule has 0 radical (unpaired) electrons. The fourth-order valence-electron chi connectivity index (χ4n) is 2.98. The van der Waals surface area contributed by atoms with Gasteiger partial charge in [0.15, 0.2) is 0 Å². The van der Waals surface area contributed by atoms with E-state index in [1.807, 2.05) is 49.4 Å². The van der Waals surface area contributed by atoms with Gasteiger partial charge >= 0.3 is 0 Å². The fraction of sp³-hybridized carbons (Fsp3) is 0.174. The highest BCUT2D eigenvalue weighted by atomic mass is 32.2. The van der Waals surface area contributed by atoms with Crippen LogP contribution in [0, 0.1) is 6.92 Å². The molecule has 7 heteroatoms. The summed E-state index contributed by atoms with van der Waals surface area (Å²) in [5, 5.41) is 2.77. The maximum Gasteiger partial charge on any atom is 0.247 e. The zero-order valence-corrected chi connectivity index (χ0v) is 17.9. The van der Waals surface area contributed by atoms with Crippen LogP contribution < -0.4 is 14.4 Å². The van der Waals surface area contributed by atoms with Crippen molar-refractivity contribution in [2.24, 2.45) is 0 Å². The van der Waals surface area contributed by atoms with Gasteiger partial charge in [-0.1, -0.05) is 35.9 Å². The first-order valence-corrected chi connectivity index (χ1v) is 11.3. The van der Waals surface area contributed by atoms with Crippen LogP contribution in [0.15, 0.2) is 78.9 Å². The van der Waals surface area contributed by atoms with E-state index in [9.17, 15) is 13.2 Å². The van der Waals surface area contributed by atoms with Crippen LogP contribution >= 0.6 is 0 Å². The molecule has 0 saturated carbocycles. The van der Waals surface area contributed by atoms with Gasteiger partial charge in [0.2, 0.25) is 15.9 Å². The number of carbonyl (C=O) groups is 1. The molecule has 0 unspecified atom stereocenters. The van der Waals surface area contributed by atoms with E-state index < -0.39 is 22.0 Å². The largest absolute Gasteiger partial charge is 0.457 e. The van der Waals surface area contributed by atoms with Gasteiger partial charge in [0, 0.05) is 5.69 Å². The maximum absolute atomic E-state index is 12.7. The Hall–Kier alpha value is -3.32. The topological polar surface area (TPSA) is 75.7 Å². The molecule has 3 aromatic rings. The summed E-state index contributed by atoms with van der Waals surface area (Å²) >= 11 is 0. The molecule has 6 nitrogen and oxygen atoms in total. The highest BCUT2D eigenvalue weighted by Gasteiger charge is 2.29. The van der Waals surface area contributed by atoms with Crippen LogP contribution in [0.2, 0.25) is 0 Å². The highest BCUT2D eigenvalue weighted by Crippen LogP contribution is 2.27. The molecule has 1 atom stereocenters. The van der Waals surface area contributed by atoms with E-state index in [-0.39, 0.29) is 0 Å². The summed E-state index contributed by atoms with van der Waals surface area (Å²) < 4.78 is 31.8. The van der Waals surface area contributed by atoms with Gasteiger partial charge in [-0.25, -0.2) is 8.42 Å². The minimum Gasteiger partial charge on any atom is -0.457 e. The number of ether oxygens (including phenoxy) is 1. The van der Waals surface area contributed by atoms with Crippen LogP contribution in [0.4, 0.5) is 11.4 Å². The van der Waals surface area contributed by atoms with Crippen molar-refractivity contribution in [1.82, 2.24) is 0 Å². The minimum absolute atomic E-state index is 0.379. The van der Waals surface area contributed by atoms with E-state index in [0.29, 0.717) is 22.9 Å². The molecule has 0 saturated heterocycles. The van der Waals surface area contributed by atoms with Crippen molar-refractivity contribution in [2.75, 3.05) is 15.9 Å². The normalized spacial score (nSPS) is 12.1. The molecule has 3 rings (SSSR count). The predicted molar refractivity (Wildman–Crippen MR) is 120 cm³/mol. The number of benzene rings is 3. The lowest BCUT2D eigenvalue weighted by atomic mass is 10.2. The molecule has 0 spiro atoms. The number of hydrogen-bond acceptors (Lipinski definition) is 4. The first kappa shape index (κ1) is 21.4. The lowest BCUT2D eigenvalue weighted by molar-refractivity contribution is -0.116. The quantitative estimate of drug-likeness (QED) is 0.602. The standard InChI is InChI=1S/C23H24N2O4S/c1-17-9-11-19(12-10-17)24-23(26)18(2)25(30(3,27)28)20-13-15-22(16-14-20)29-21-7-5-4-6-8-21/h4-16,18H,1-3H3,(H,24,26)/t18-/m1/s1. The van der Waals surface area contributed by atoms with Crippen LogP contribution in [0.3, 0.4) is 0 Å². The molecule has 1 amide bonds. The first-order valence-electron chi connectivity index (χ1n) is 9.44. The van der Waals surface area contributed by atoms with Gasteiger partial charge in [0.1, 0.15) is 17.5 Å². The molecule has 0 aromatic heterocycles. The minimum atomic E-state index is -3.70. The van der Waals surface area contributed by atoms with Crippen LogP contribution in [0.25, 0.3) is 0 Å². The predicted octanol–water partition coefficient (Wildman–Crippen LogP) is 4.58. The van der Waals surface area contributed by atoms with E-state index in [0.717, 1.165) is 16.1 Å². The summed E-state index contributed by atoms with van der Waals surface area (Å²) in [7, 11) is -3.70. The van der Waals surface area contributed by atoms with Crippen molar-refractivity contribution in [1.29, 1.82) is 0 Å². The maximum atomic E-state index is 12.7. The van der Waals surface area contributed by atoms with E-state index in [1.165, 1.54) is 0 Å². The van der Waals surface area contributed by atoms with E-state index in [4.69, 9.17) is 4.74 Å². The second kappa shape index (κ2) is 9.00. The Morgan fingerprint density at radius 2 is 1.47 bits per heavy atom. The second-order valence-corrected chi connectivity index (χ2v) is 8.86. The molecule has 0 aliphatic rings. The monoisotopic (exact) mass is 424 g/mol. The number of nitrogens with zero attached hydrogens (tertiary/aromatic N) is 1. The lowest BCUT2D eigenvalue weighted by Gasteiger charge is -2.28. The lowest BCUT2D eigenvalue weighted by Crippen LogP contribution is -2.45. The van der Waals surface area contributed by atoms with Crippen LogP contribution in [0.5, 0.6) is 11.5 Å². The van der Waals surface area contributed by atoms with Gasteiger partial charge in [-0.15, -0.1) is 0 Å². The second-order valence-electron chi connectivity index (χ2n) is 7.00. The Morgan fingerprint density at radius 3 is 2.03 bits per heavy atom. The summed E-state index contributed by atoms with van der Waals surface area (Å²) in [5.41, 5.74) is 2.05. The third kappa shape index (κ3) is 5.39. The van der Waals surface area contributed by atoms with Gasteiger partial charge in [0.05, 0.1) is 11.9 Å². The third-order valence-electron chi connectivity index (χ3n) is 4.48. The van der Waals surface area contributed by atoms with Crippen LogP contribution in [-0.4, -0.2) is 26.6 Å². The van der Waals surface area contributed by atoms with E-state index in [2.05, 4.69) is 5.32 Å². The zero-order valence-electron chi connectivity index (χ0n) is 17.1. The summed E-state index contributed by atoms with van der Waals surface area (Å²) in [5.74, 6) is 0.820. The van der Waals surface area contributed by atoms with E-state index >= 15 is 0 Å². The van der Waals surface area contributed by atoms with E-state index in [1.54, 1.807) is 43.3 Å². The number of sulfonamides is 1. The molecule has 1 N–H and O–H groups in total.